The molecule has 3 heteroatoms. The van der Waals surface area contributed by atoms with E-state index in [0.717, 1.165) is 18.5 Å². The van der Waals surface area contributed by atoms with E-state index in [9.17, 15) is 5.11 Å². The van der Waals surface area contributed by atoms with E-state index >= 15 is 0 Å². The highest BCUT2D eigenvalue weighted by atomic mass is 16.5. The number of hydrogen-bond acceptors (Lipinski definition) is 3. The number of rotatable bonds is 5. The van der Waals surface area contributed by atoms with Crippen molar-refractivity contribution < 1.29 is 9.84 Å². The van der Waals surface area contributed by atoms with Gasteiger partial charge in [-0.2, -0.15) is 0 Å². The van der Waals surface area contributed by atoms with Gasteiger partial charge in [0.2, 0.25) is 0 Å². The average molecular weight is 219 g/mol. The monoisotopic (exact) mass is 219 g/mol. The van der Waals surface area contributed by atoms with Gasteiger partial charge in [-0.1, -0.05) is 12.1 Å². The largest absolute Gasteiger partial charge is 0.504 e. The summed E-state index contributed by atoms with van der Waals surface area (Å²) >= 11 is 0. The van der Waals surface area contributed by atoms with Crippen LogP contribution >= 0.6 is 0 Å². The molecular weight excluding hydrogens is 202 g/mol. The van der Waals surface area contributed by atoms with Crippen LogP contribution in [0.1, 0.15) is 18.9 Å². The molecule has 0 unspecified atom stereocenters. The Bertz CT molecular complexity index is 391. The van der Waals surface area contributed by atoms with Gasteiger partial charge >= 0.3 is 0 Å². The number of hydrogen-bond donors (Lipinski definition) is 2. The van der Waals surface area contributed by atoms with Crippen molar-refractivity contribution in [3.05, 3.63) is 23.8 Å². The maximum Gasteiger partial charge on any atom is 0.162 e. The molecule has 0 atom stereocenters. The Hall–Kier alpha value is -1.66. The number of aromatic hydroxyl groups is 1. The first-order valence-corrected chi connectivity index (χ1v) is 5.24. The first kappa shape index (κ1) is 12.4. The minimum absolute atomic E-state index is 0.207. The lowest BCUT2D eigenvalue weighted by atomic mass is 10.2. The van der Waals surface area contributed by atoms with Gasteiger partial charge in [0, 0.05) is 25.1 Å². The smallest absolute Gasteiger partial charge is 0.162 e. The van der Waals surface area contributed by atoms with E-state index in [0.29, 0.717) is 12.3 Å². The molecule has 0 spiro atoms. The zero-order valence-electron chi connectivity index (χ0n) is 9.71. The fourth-order valence-electron chi connectivity index (χ4n) is 1.37. The maximum absolute atomic E-state index is 9.80. The Morgan fingerprint density at radius 3 is 2.94 bits per heavy atom. The molecule has 0 aliphatic carbocycles. The van der Waals surface area contributed by atoms with Crippen LogP contribution < -0.4 is 10.1 Å². The van der Waals surface area contributed by atoms with Gasteiger partial charge in [0.25, 0.3) is 0 Å². The summed E-state index contributed by atoms with van der Waals surface area (Å²) in [5.41, 5.74) is 0.837. The van der Waals surface area contributed by atoms with Gasteiger partial charge in [0.1, 0.15) is 0 Å². The summed E-state index contributed by atoms with van der Waals surface area (Å²) in [4.78, 5) is 0. The van der Waals surface area contributed by atoms with E-state index < -0.39 is 0 Å². The van der Waals surface area contributed by atoms with Crippen molar-refractivity contribution in [3.8, 4) is 23.3 Å². The van der Waals surface area contributed by atoms with Crippen LogP contribution in [0.4, 0.5) is 0 Å². The van der Waals surface area contributed by atoms with Crippen LogP contribution in [0.2, 0.25) is 0 Å². The summed E-state index contributed by atoms with van der Waals surface area (Å²) in [5, 5.41) is 13.0. The van der Waals surface area contributed by atoms with E-state index in [1.165, 1.54) is 0 Å². The normalized spacial score (nSPS) is 9.38. The molecule has 0 bridgehead atoms. The van der Waals surface area contributed by atoms with Gasteiger partial charge in [0.15, 0.2) is 11.5 Å². The topological polar surface area (TPSA) is 41.5 Å². The minimum Gasteiger partial charge on any atom is -0.504 e. The van der Waals surface area contributed by atoms with E-state index in [1.54, 1.807) is 13.2 Å². The molecule has 0 heterocycles. The van der Waals surface area contributed by atoms with Gasteiger partial charge in [0.05, 0.1) is 7.11 Å². The number of ether oxygens (including phenoxy) is 1. The number of para-hydroxylation sites is 1. The molecule has 1 aromatic rings. The molecule has 0 fully saturated rings. The second-order valence-electron chi connectivity index (χ2n) is 3.32. The Labute approximate surface area is 96.4 Å². The van der Waals surface area contributed by atoms with Gasteiger partial charge in [-0.15, -0.1) is 11.8 Å². The molecule has 0 saturated heterocycles. The molecule has 0 aromatic heterocycles. The highest BCUT2D eigenvalue weighted by Gasteiger charge is 2.05. The first-order valence-electron chi connectivity index (χ1n) is 5.24. The highest BCUT2D eigenvalue weighted by molar-refractivity contribution is 5.45. The lowest BCUT2D eigenvalue weighted by Crippen LogP contribution is -2.14. The number of phenolic OH excluding ortho intramolecular Hbond substituents is 1. The zero-order chi connectivity index (χ0) is 11.8. The summed E-state index contributed by atoms with van der Waals surface area (Å²) in [6.45, 7) is 3.26. The molecule has 0 aliphatic rings. The van der Waals surface area contributed by atoms with E-state index in [2.05, 4.69) is 17.2 Å². The lowest BCUT2D eigenvalue weighted by Gasteiger charge is -2.08. The van der Waals surface area contributed by atoms with Crippen molar-refractivity contribution in [2.45, 2.75) is 19.9 Å². The Morgan fingerprint density at radius 1 is 1.44 bits per heavy atom. The fourth-order valence-corrected chi connectivity index (χ4v) is 1.37. The average Bonchev–Trinajstić information content (AvgIpc) is 2.31. The van der Waals surface area contributed by atoms with Crippen LogP contribution in [0.5, 0.6) is 11.5 Å². The SMILES string of the molecule is CC#CCCNCc1cccc(OC)c1O. The molecular formula is C13H17NO2. The molecule has 0 aliphatic heterocycles. The highest BCUT2D eigenvalue weighted by Crippen LogP contribution is 2.28. The molecule has 1 aromatic carbocycles. The van der Waals surface area contributed by atoms with Crippen molar-refractivity contribution in [2.75, 3.05) is 13.7 Å². The summed E-state index contributed by atoms with van der Waals surface area (Å²) < 4.78 is 5.03. The Kier molecular flexibility index (Phi) is 5.24. The molecule has 2 N–H and O–H groups in total. The van der Waals surface area contributed by atoms with Gasteiger partial charge < -0.3 is 15.2 Å². The molecule has 1 rings (SSSR count). The fraction of sp³-hybridized carbons (Fsp3) is 0.385. The van der Waals surface area contributed by atoms with Crippen LogP contribution in [-0.4, -0.2) is 18.8 Å². The van der Waals surface area contributed by atoms with Crippen LogP contribution in [0.3, 0.4) is 0 Å². The summed E-state index contributed by atoms with van der Waals surface area (Å²) in [6, 6.07) is 5.47. The third-order valence-electron chi connectivity index (χ3n) is 2.22. The summed E-state index contributed by atoms with van der Waals surface area (Å²) in [6.07, 6.45) is 0.821. The molecule has 0 amide bonds. The van der Waals surface area contributed by atoms with Crippen molar-refractivity contribution in [2.24, 2.45) is 0 Å². The predicted octanol–water partition coefficient (Wildman–Crippen LogP) is 1.90. The number of phenols is 1. The van der Waals surface area contributed by atoms with E-state index in [4.69, 9.17) is 4.74 Å². The van der Waals surface area contributed by atoms with Crippen LogP contribution in [0.25, 0.3) is 0 Å². The minimum atomic E-state index is 0.207. The lowest BCUT2D eigenvalue weighted by molar-refractivity contribution is 0.369. The quantitative estimate of drug-likeness (QED) is 0.587. The van der Waals surface area contributed by atoms with Crippen LogP contribution in [-0.2, 0) is 6.54 Å². The Morgan fingerprint density at radius 2 is 2.25 bits per heavy atom. The zero-order valence-corrected chi connectivity index (χ0v) is 9.71. The van der Waals surface area contributed by atoms with Crippen molar-refractivity contribution in [1.29, 1.82) is 0 Å². The first-order chi connectivity index (χ1) is 7.79. The van der Waals surface area contributed by atoms with Crippen LogP contribution in [0.15, 0.2) is 18.2 Å². The predicted molar refractivity (Wildman–Crippen MR) is 64.4 cm³/mol. The number of nitrogens with one attached hydrogen (secondary N) is 1. The van der Waals surface area contributed by atoms with E-state index in [1.807, 2.05) is 19.1 Å². The molecule has 86 valence electrons. The summed E-state index contributed by atoms with van der Waals surface area (Å²) in [7, 11) is 1.54. The Balaban J connectivity index is 2.49. The molecule has 16 heavy (non-hydrogen) atoms. The molecule has 0 radical (unpaired) electrons. The second kappa shape index (κ2) is 6.76. The van der Waals surface area contributed by atoms with Gasteiger partial charge in [-0.05, 0) is 13.0 Å². The van der Waals surface area contributed by atoms with Crippen molar-refractivity contribution in [1.82, 2.24) is 5.32 Å². The van der Waals surface area contributed by atoms with Crippen molar-refractivity contribution in [3.63, 3.8) is 0 Å². The van der Waals surface area contributed by atoms with E-state index in [-0.39, 0.29) is 5.75 Å². The van der Waals surface area contributed by atoms with Crippen molar-refractivity contribution >= 4 is 0 Å². The maximum atomic E-state index is 9.80. The standard InChI is InChI=1S/C13H17NO2/c1-3-4-5-9-14-10-11-7-6-8-12(16-2)13(11)15/h6-8,14-15H,5,9-10H2,1-2H3. The summed E-state index contributed by atoms with van der Waals surface area (Å²) in [5.74, 6) is 6.52. The third kappa shape index (κ3) is 3.48. The van der Waals surface area contributed by atoms with Gasteiger partial charge in [-0.3, -0.25) is 0 Å². The number of benzene rings is 1. The molecule has 0 saturated carbocycles. The number of methoxy groups -OCH3 is 1. The molecule has 3 nitrogen and oxygen atoms in total. The third-order valence-corrected chi connectivity index (χ3v) is 2.22. The van der Waals surface area contributed by atoms with Gasteiger partial charge in [-0.25, -0.2) is 0 Å². The second-order valence-corrected chi connectivity index (χ2v) is 3.32. The van der Waals surface area contributed by atoms with Crippen LogP contribution in [0, 0.1) is 11.8 Å².